The Bertz CT molecular complexity index is 1150. The van der Waals surface area contributed by atoms with E-state index in [-0.39, 0.29) is 17.9 Å². The molecule has 0 atom stereocenters. The monoisotopic (exact) mass is 534 g/mol. The van der Waals surface area contributed by atoms with Gasteiger partial charge in [-0.15, -0.1) is 0 Å². The largest absolute Gasteiger partial charge is 0.461 e. The van der Waals surface area contributed by atoms with E-state index in [0.717, 1.165) is 90.6 Å². The van der Waals surface area contributed by atoms with Crippen LogP contribution in [0.15, 0.2) is 30.3 Å². The zero-order valence-electron chi connectivity index (χ0n) is 24.7. The van der Waals surface area contributed by atoms with Crippen molar-refractivity contribution in [1.29, 1.82) is 0 Å². The van der Waals surface area contributed by atoms with Crippen molar-refractivity contribution in [1.82, 2.24) is 9.97 Å². The number of H-pyrrole nitrogens is 2. The second-order valence-electron chi connectivity index (χ2n) is 10.2. The van der Waals surface area contributed by atoms with Gasteiger partial charge < -0.3 is 19.4 Å². The van der Waals surface area contributed by atoms with Crippen molar-refractivity contribution >= 4 is 11.9 Å². The minimum Gasteiger partial charge on any atom is -0.461 e. The first kappa shape index (κ1) is 30.3. The molecule has 0 radical (unpaired) electrons. The van der Waals surface area contributed by atoms with Crippen molar-refractivity contribution in [3.8, 4) is 0 Å². The molecule has 212 valence electrons. The highest BCUT2D eigenvalue weighted by Gasteiger charge is 2.31. The van der Waals surface area contributed by atoms with Gasteiger partial charge in [0.15, 0.2) is 0 Å². The van der Waals surface area contributed by atoms with E-state index in [2.05, 4.69) is 49.8 Å². The Morgan fingerprint density at radius 3 is 1.51 bits per heavy atom. The topological polar surface area (TPSA) is 84.2 Å². The minimum atomic E-state index is -0.319. The van der Waals surface area contributed by atoms with Crippen LogP contribution in [0.3, 0.4) is 0 Å². The van der Waals surface area contributed by atoms with E-state index in [1.54, 1.807) is 0 Å². The van der Waals surface area contributed by atoms with Gasteiger partial charge in [-0.05, 0) is 81.2 Å². The molecule has 3 aromatic rings. The molecule has 0 saturated carbocycles. The SMILES string of the molecule is CCCCCc1c(C(=O)OCC)[nH]c(C(c2ccccc2)c2[nH]c(C(=O)OCC)c(CCCCC)c2C)c1C. The molecule has 0 aliphatic carbocycles. The van der Waals surface area contributed by atoms with Gasteiger partial charge in [0.05, 0.1) is 19.1 Å². The van der Waals surface area contributed by atoms with E-state index in [0.29, 0.717) is 24.6 Å². The predicted molar refractivity (Wildman–Crippen MR) is 157 cm³/mol. The molecule has 2 N–H and O–H groups in total. The molecule has 0 aliphatic heterocycles. The van der Waals surface area contributed by atoms with Gasteiger partial charge >= 0.3 is 11.9 Å². The average molecular weight is 535 g/mol. The number of rotatable bonds is 15. The highest BCUT2D eigenvalue weighted by Crippen LogP contribution is 2.39. The lowest BCUT2D eigenvalue weighted by Crippen LogP contribution is -2.10. The van der Waals surface area contributed by atoms with Crippen LogP contribution in [-0.4, -0.2) is 35.1 Å². The molecule has 0 aliphatic rings. The summed E-state index contributed by atoms with van der Waals surface area (Å²) in [5.41, 5.74) is 8.26. The van der Waals surface area contributed by atoms with Crippen molar-refractivity contribution in [2.45, 2.75) is 98.8 Å². The van der Waals surface area contributed by atoms with Gasteiger partial charge in [-0.1, -0.05) is 69.9 Å². The summed E-state index contributed by atoms with van der Waals surface area (Å²) in [6, 6.07) is 10.3. The average Bonchev–Trinajstić information content (AvgIpc) is 3.43. The second kappa shape index (κ2) is 14.8. The van der Waals surface area contributed by atoms with Gasteiger partial charge in [0, 0.05) is 11.4 Å². The smallest absolute Gasteiger partial charge is 0.355 e. The zero-order chi connectivity index (χ0) is 28.4. The summed E-state index contributed by atoms with van der Waals surface area (Å²) in [6.07, 6.45) is 8.06. The van der Waals surface area contributed by atoms with E-state index >= 15 is 0 Å². The highest BCUT2D eigenvalue weighted by atomic mass is 16.5. The minimum absolute atomic E-state index is 0.215. The number of unbranched alkanes of at least 4 members (excludes halogenated alkanes) is 4. The molecule has 6 heteroatoms. The quantitative estimate of drug-likeness (QED) is 0.153. The molecule has 0 spiro atoms. The number of aromatic nitrogens is 2. The molecule has 0 bridgehead atoms. The third-order valence-corrected chi connectivity index (χ3v) is 7.57. The summed E-state index contributed by atoms with van der Waals surface area (Å²) in [4.78, 5) is 33.2. The van der Waals surface area contributed by atoms with Crippen LogP contribution in [0.5, 0.6) is 0 Å². The lowest BCUT2D eigenvalue weighted by molar-refractivity contribution is 0.0509. The second-order valence-corrected chi connectivity index (χ2v) is 10.2. The summed E-state index contributed by atoms with van der Waals surface area (Å²) in [5, 5.41) is 0. The molecule has 0 fully saturated rings. The summed E-state index contributed by atoms with van der Waals surface area (Å²) >= 11 is 0. The Hall–Kier alpha value is -3.28. The van der Waals surface area contributed by atoms with Crippen molar-refractivity contribution in [2.75, 3.05) is 13.2 Å². The third kappa shape index (κ3) is 7.03. The molecule has 0 amide bonds. The van der Waals surface area contributed by atoms with Gasteiger partial charge in [-0.3, -0.25) is 0 Å². The van der Waals surface area contributed by atoms with Gasteiger partial charge in [-0.2, -0.15) is 0 Å². The van der Waals surface area contributed by atoms with Crippen molar-refractivity contribution < 1.29 is 19.1 Å². The van der Waals surface area contributed by atoms with Crippen LogP contribution in [-0.2, 0) is 22.3 Å². The first-order valence-corrected chi connectivity index (χ1v) is 14.7. The molecule has 39 heavy (non-hydrogen) atoms. The van der Waals surface area contributed by atoms with Gasteiger partial charge in [0.1, 0.15) is 11.4 Å². The molecule has 2 aromatic heterocycles. The van der Waals surface area contributed by atoms with E-state index in [9.17, 15) is 9.59 Å². The summed E-state index contributed by atoms with van der Waals surface area (Å²) in [7, 11) is 0. The third-order valence-electron chi connectivity index (χ3n) is 7.57. The number of aromatic amines is 2. The number of nitrogens with one attached hydrogen (secondary N) is 2. The van der Waals surface area contributed by atoms with Gasteiger partial charge in [0.2, 0.25) is 0 Å². The van der Waals surface area contributed by atoms with E-state index < -0.39 is 0 Å². The number of benzene rings is 1. The fraction of sp³-hybridized carbons (Fsp3) is 0.515. The molecular weight excluding hydrogens is 488 g/mol. The molecule has 3 rings (SSSR count). The first-order valence-electron chi connectivity index (χ1n) is 14.7. The number of carbonyl (C=O) groups is 2. The van der Waals surface area contributed by atoms with Crippen LogP contribution in [0.25, 0.3) is 0 Å². The summed E-state index contributed by atoms with van der Waals surface area (Å²) in [5.74, 6) is -0.853. The molecular formula is C33H46N2O4. The number of esters is 2. The van der Waals surface area contributed by atoms with Crippen molar-refractivity contribution in [2.24, 2.45) is 0 Å². The fourth-order valence-electron chi connectivity index (χ4n) is 5.49. The Morgan fingerprint density at radius 2 is 1.13 bits per heavy atom. The maximum Gasteiger partial charge on any atom is 0.355 e. The molecule has 6 nitrogen and oxygen atoms in total. The lowest BCUT2D eigenvalue weighted by atomic mass is 9.87. The van der Waals surface area contributed by atoms with Crippen molar-refractivity contribution in [3.05, 3.63) is 80.9 Å². The van der Waals surface area contributed by atoms with Crippen molar-refractivity contribution in [3.63, 3.8) is 0 Å². The molecule has 2 heterocycles. The number of hydrogen-bond acceptors (Lipinski definition) is 4. The zero-order valence-corrected chi connectivity index (χ0v) is 24.7. The van der Waals surface area contributed by atoms with Crippen LogP contribution in [0.4, 0.5) is 0 Å². The standard InChI is InChI=1S/C33H46N2O4/c1-7-11-14-20-25-22(5)28(34-30(25)32(36)38-9-3)27(24-18-16-13-17-19-24)29-23(6)26(21-15-12-8-2)31(35-29)33(37)39-10-4/h13,16-19,27,34-35H,7-12,14-15,20-21H2,1-6H3. The fourth-order valence-corrected chi connectivity index (χ4v) is 5.49. The highest BCUT2D eigenvalue weighted by molar-refractivity contribution is 5.91. The number of ether oxygens (including phenoxy) is 2. The summed E-state index contributed by atoms with van der Waals surface area (Å²) in [6.45, 7) is 12.9. The van der Waals surface area contributed by atoms with Crippen LogP contribution in [0.2, 0.25) is 0 Å². The van der Waals surface area contributed by atoms with Crippen LogP contribution in [0, 0.1) is 13.8 Å². The maximum atomic E-state index is 13.1. The number of carbonyl (C=O) groups excluding carboxylic acids is 2. The first-order chi connectivity index (χ1) is 18.9. The predicted octanol–water partition coefficient (Wildman–Crippen LogP) is 7.96. The van der Waals surface area contributed by atoms with Gasteiger partial charge in [0.25, 0.3) is 0 Å². The maximum absolute atomic E-state index is 13.1. The number of hydrogen-bond donors (Lipinski definition) is 2. The normalized spacial score (nSPS) is 11.3. The summed E-state index contributed by atoms with van der Waals surface area (Å²) < 4.78 is 10.9. The Balaban J connectivity index is 2.23. The molecule has 0 unspecified atom stereocenters. The van der Waals surface area contributed by atoms with Crippen LogP contribution in [0.1, 0.15) is 132 Å². The lowest BCUT2D eigenvalue weighted by Gasteiger charge is -2.19. The van der Waals surface area contributed by atoms with E-state index in [1.165, 1.54) is 0 Å². The molecule has 0 saturated heterocycles. The Kier molecular flexibility index (Phi) is 11.5. The Labute approximate surface area is 233 Å². The van der Waals surface area contributed by atoms with Gasteiger partial charge in [-0.25, -0.2) is 9.59 Å². The van der Waals surface area contributed by atoms with E-state index in [4.69, 9.17) is 9.47 Å². The van der Waals surface area contributed by atoms with Crippen LogP contribution < -0.4 is 0 Å². The van der Waals surface area contributed by atoms with E-state index in [1.807, 2.05) is 32.0 Å². The Morgan fingerprint density at radius 1 is 0.692 bits per heavy atom. The molecule has 1 aromatic carbocycles. The van der Waals surface area contributed by atoms with Crippen LogP contribution >= 0.6 is 0 Å².